The van der Waals surface area contributed by atoms with Gasteiger partial charge in [0.2, 0.25) is 5.88 Å². The minimum atomic E-state index is 0.743. The summed E-state index contributed by atoms with van der Waals surface area (Å²) in [5, 5.41) is 0. The number of ether oxygens (including phenoxy) is 1. The van der Waals surface area contributed by atoms with Crippen molar-refractivity contribution in [2.45, 2.75) is 19.8 Å². The Morgan fingerprint density at radius 2 is 2.31 bits per heavy atom. The van der Waals surface area contributed by atoms with Gasteiger partial charge in [-0.25, -0.2) is 4.98 Å². The third kappa shape index (κ3) is 2.44. The van der Waals surface area contributed by atoms with Crippen molar-refractivity contribution in [3.05, 3.63) is 22.3 Å². The zero-order valence-electron chi connectivity index (χ0n) is 7.59. The van der Waals surface area contributed by atoms with Gasteiger partial charge in [-0.05, 0) is 47.7 Å². The van der Waals surface area contributed by atoms with Crippen molar-refractivity contribution in [3.8, 4) is 5.88 Å². The lowest BCUT2D eigenvalue weighted by Gasteiger charge is -2.05. The molecule has 2 nitrogen and oxygen atoms in total. The predicted octanol–water partition coefficient (Wildman–Crippen LogP) is 2.94. The standard InChI is InChI=1S/C10H12BrNO/c1-7-9(11)4-5-10(12-7)13-6-8-2-3-8/h4-5,8H,2-3,6H2,1H3. The Morgan fingerprint density at radius 1 is 1.54 bits per heavy atom. The maximum Gasteiger partial charge on any atom is 0.213 e. The fourth-order valence-corrected chi connectivity index (χ4v) is 1.31. The summed E-state index contributed by atoms with van der Waals surface area (Å²) in [6.07, 6.45) is 2.63. The van der Waals surface area contributed by atoms with Gasteiger partial charge in [0.05, 0.1) is 12.3 Å². The summed E-state index contributed by atoms with van der Waals surface area (Å²) in [4.78, 5) is 4.30. The summed E-state index contributed by atoms with van der Waals surface area (Å²) >= 11 is 3.40. The number of aromatic nitrogens is 1. The molecule has 0 amide bonds. The molecular formula is C10H12BrNO. The van der Waals surface area contributed by atoms with E-state index < -0.39 is 0 Å². The highest BCUT2D eigenvalue weighted by Gasteiger charge is 2.22. The van der Waals surface area contributed by atoms with Crippen molar-refractivity contribution in [3.63, 3.8) is 0 Å². The summed E-state index contributed by atoms with van der Waals surface area (Å²) in [7, 11) is 0. The lowest BCUT2D eigenvalue weighted by atomic mass is 10.4. The molecule has 2 rings (SSSR count). The summed E-state index contributed by atoms with van der Waals surface area (Å²) in [5.74, 6) is 1.53. The van der Waals surface area contributed by atoms with Crippen LogP contribution in [-0.2, 0) is 0 Å². The van der Waals surface area contributed by atoms with Crippen molar-refractivity contribution in [1.82, 2.24) is 4.98 Å². The molecule has 0 radical (unpaired) electrons. The minimum absolute atomic E-state index is 0.743. The van der Waals surface area contributed by atoms with E-state index in [0.29, 0.717) is 0 Å². The van der Waals surface area contributed by atoms with Crippen molar-refractivity contribution < 1.29 is 4.74 Å². The van der Waals surface area contributed by atoms with Crippen LogP contribution in [0, 0.1) is 12.8 Å². The molecule has 1 fully saturated rings. The molecule has 0 aromatic carbocycles. The molecule has 0 spiro atoms. The van der Waals surface area contributed by atoms with E-state index in [4.69, 9.17) is 4.74 Å². The van der Waals surface area contributed by atoms with E-state index in [-0.39, 0.29) is 0 Å². The van der Waals surface area contributed by atoms with Crippen molar-refractivity contribution >= 4 is 15.9 Å². The van der Waals surface area contributed by atoms with Crippen molar-refractivity contribution in [1.29, 1.82) is 0 Å². The van der Waals surface area contributed by atoms with Crippen LogP contribution in [-0.4, -0.2) is 11.6 Å². The Balaban J connectivity index is 1.98. The first-order valence-electron chi connectivity index (χ1n) is 4.51. The molecule has 1 saturated carbocycles. The van der Waals surface area contributed by atoms with Gasteiger partial charge >= 0.3 is 0 Å². The molecule has 1 aliphatic rings. The van der Waals surface area contributed by atoms with E-state index >= 15 is 0 Å². The SMILES string of the molecule is Cc1nc(OCC2CC2)ccc1Br. The van der Waals surface area contributed by atoms with Gasteiger partial charge in [0, 0.05) is 10.5 Å². The smallest absolute Gasteiger partial charge is 0.213 e. The number of hydrogen-bond acceptors (Lipinski definition) is 2. The Morgan fingerprint density at radius 3 is 2.92 bits per heavy atom. The highest BCUT2D eigenvalue weighted by Crippen LogP contribution is 2.29. The molecular weight excluding hydrogens is 230 g/mol. The third-order valence-electron chi connectivity index (χ3n) is 2.16. The fraction of sp³-hybridized carbons (Fsp3) is 0.500. The van der Waals surface area contributed by atoms with Gasteiger partial charge in [0.25, 0.3) is 0 Å². The lowest BCUT2D eigenvalue weighted by Crippen LogP contribution is -2.01. The third-order valence-corrected chi connectivity index (χ3v) is 3.00. The lowest BCUT2D eigenvalue weighted by molar-refractivity contribution is 0.288. The summed E-state index contributed by atoms with van der Waals surface area (Å²) in [6.45, 7) is 2.79. The van der Waals surface area contributed by atoms with Crippen LogP contribution in [0.1, 0.15) is 18.5 Å². The van der Waals surface area contributed by atoms with Gasteiger partial charge in [-0.3, -0.25) is 0 Å². The van der Waals surface area contributed by atoms with Gasteiger partial charge in [-0.15, -0.1) is 0 Å². The quantitative estimate of drug-likeness (QED) is 0.812. The first-order valence-corrected chi connectivity index (χ1v) is 5.31. The van der Waals surface area contributed by atoms with E-state index in [9.17, 15) is 0 Å². The maximum atomic E-state index is 5.53. The number of pyridine rings is 1. The average Bonchev–Trinajstić information content (AvgIpc) is 2.91. The Bertz CT molecular complexity index is 310. The van der Waals surface area contributed by atoms with Crippen LogP contribution >= 0.6 is 15.9 Å². The van der Waals surface area contributed by atoms with E-state index in [1.165, 1.54) is 12.8 Å². The van der Waals surface area contributed by atoms with Crippen LogP contribution in [0.15, 0.2) is 16.6 Å². The van der Waals surface area contributed by atoms with Gasteiger partial charge in [-0.1, -0.05) is 0 Å². The molecule has 0 N–H and O–H groups in total. The molecule has 70 valence electrons. The van der Waals surface area contributed by atoms with Crippen LogP contribution in [0.3, 0.4) is 0 Å². The normalized spacial score (nSPS) is 15.8. The molecule has 1 heterocycles. The number of halogens is 1. The van der Waals surface area contributed by atoms with Crippen LogP contribution in [0.4, 0.5) is 0 Å². The van der Waals surface area contributed by atoms with Crippen molar-refractivity contribution in [2.24, 2.45) is 5.92 Å². The minimum Gasteiger partial charge on any atom is -0.477 e. The number of nitrogens with zero attached hydrogens (tertiary/aromatic N) is 1. The van der Waals surface area contributed by atoms with Gasteiger partial charge in [0.1, 0.15) is 0 Å². The molecule has 1 aromatic rings. The molecule has 1 aromatic heterocycles. The first kappa shape index (κ1) is 9.00. The molecule has 0 saturated heterocycles. The second-order valence-electron chi connectivity index (χ2n) is 3.47. The Kier molecular flexibility index (Phi) is 2.54. The molecule has 0 bridgehead atoms. The van der Waals surface area contributed by atoms with Crippen LogP contribution < -0.4 is 4.74 Å². The predicted molar refractivity (Wildman–Crippen MR) is 54.9 cm³/mol. The van der Waals surface area contributed by atoms with E-state index in [2.05, 4.69) is 20.9 Å². The molecule has 0 aliphatic heterocycles. The van der Waals surface area contributed by atoms with Gasteiger partial charge in [0.15, 0.2) is 0 Å². The van der Waals surface area contributed by atoms with Crippen LogP contribution in [0.2, 0.25) is 0 Å². The molecule has 13 heavy (non-hydrogen) atoms. The van der Waals surface area contributed by atoms with Crippen molar-refractivity contribution in [2.75, 3.05) is 6.61 Å². The summed E-state index contributed by atoms with van der Waals surface area (Å²) in [6, 6.07) is 3.88. The molecule has 0 atom stereocenters. The van der Waals surface area contributed by atoms with Gasteiger partial charge < -0.3 is 4.74 Å². The molecule has 3 heteroatoms. The topological polar surface area (TPSA) is 22.1 Å². The second-order valence-corrected chi connectivity index (χ2v) is 4.33. The maximum absolute atomic E-state index is 5.53. The summed E-state index contributed by atoms with van der Waals surface area (Å²) < 4.78 is 6.57. The molecule has 1 aliphatic carbocycles. The largest absolute Gasteiger partial charge is 0.477 e. The fourth-order valence-electron chi connectivity index (χ4n) is 1.09. The number of rotatable bonds is 3. The number of hydrogen-bond donors (Lipinski definition) is 0. The average molecular weight is 242 g/mol. The second kappa shape index (κ2) is 3.66. The monoisotopic (exact) mass is 241 g/mol. The Hall–Kier alpha value is -0.570. The highest BCUT2D eigenvalue weighted by atomic mass is 79.9. The highest BCUT2D eigenvalue weighted by molar-refractivity contribution is 9.10. The van der Waals surface area contributed by atoms with E-state index in [1.54, 1.807) is 0 Å². The zero-order chi connectivity index (χ0) is 9.26. The summed E-state index contributed by atoms with van der Waals surface area (Å²) in [5.41, 5.74) is 0.980. The van der Waals surface area contributed by atoms with E-state index in [1.807, 2.05) is 19.1 Å². The Labute approximate surface area is 86.5 Å². The van der Waals surface area contributed by atoms with Crippen LogP contribution in [0.25, 0.3) is 0 Å². The first-order chi connectivity index (χ1) is 6.25. The number of aryl methyl sites for hydroxylation is 1. The zero-order valence-corrected chi connectivity index (χ0v) is 9.17. The van der Waals surface area contributed by atoms with Crippen LogP contribution in [0.5, 0.6) is 5.88 Å². The van der Waals surface area contributed by atoms with Gasteiger partial charge in [-0.2, -0.15) is 0 Å². The molecule has 0 unspecified atom stereocenters. The van der Waals surface area contributed by atoms with E-state index in [0.717, 1.165) is 28.6 Å².